The third-order valence-electron chi connectivity index (χ3n) is 5.46. The fourth-order valence-corrected chi connectivity index (χ4v) is 3.87. The van der Waals surface area contributed by atoms with Gasteiger partial charge in [-0.1, -0.05) is 24.3 Å². The molecule has 4 N–H and O–H groups in total. The average Bonchev–Trinajstić information content (AvgIpc) is 2.92. The molecule has 1 unspecified atom stereocenters. The standard InChI is InChI=1S/C23H30F2O5/c24-16-11-15(12-17(25)13-16)7-8-18(26)9-10-20-19(21(27)14-22(20)28)5-3-1-2-4-6-23(29)30/h1,3,9-13,18-22,26-28H,2,4-8,14H2,(H,29,30)/b3-1-,10-9+/t18-,19+,20+,21?,22+/m0/s1. The van der Waals surface area contributed by atoms with Crippen LogP contribution in [0.4, 0.5) is 8.78 Å². The lowest BCUT2D eigenvalue weighted by atomic mass is 9.89. The average molecular weight is 424 g/mol. The van der Waals surface area contributed by atoms with Gasteiger partial charge in [-0.2, -0.15) is 0 Å². The second kappa shape index (κ2) is 11.9. The molecule has 30 heavy (non-hydrogen) atoms. The van der Waals surface area contributed by atoms with Crippen LogP contribution in [0.1, 0.15) is 44.1 Å². The second-order valence-corrected chi connectivity index (χ2v) is 7.87. The highest BCUT2D eigenvalue weighted by molar-refractivity contribution is 5.66. The monoisotopic (exact) mass is 424 g/mol. The molecule has 1 fully saturated rings. The smallest absolute Gasteiger partial charge is 0.303 e. The number of aliphatic hydroxyl groups excluding tert-OH is 3. The molecule has 1 aliphatic rings. The van der Waals surface area contributed by atoms with Gasteiger partial charge in [0.15, 0.2) is 0 Å². The number of hydrogen-bond acceptors (Lipinski definition) is 4. The molecule has 5 nitrogen and oxygen atoms in total. The largest absolute Gasteiger partial charge is 0.481 e. The van der Waals surface area contributed by atoms with Gasteiger partial charge >= 0.3 is 5.97 Å². The Morgan fingerprint density at radius 1 is 1.13 bits per heavy atom. The molecule has 7 heteroatoms. The molecule has 0 aliphatic heterocycles. The first-order valence-electron chi connectivity index (χ1n) is 10.3. The number of unbranched alkanes of at least 4 members (excludes halogenated alkanes) is 1. The van der Waals surface area contributed by atoms with Gasteiger partial charge in [0.25, 0.3) is 0 Å². The van der Waals surface area contributed by atoms with E-state index < -0.39 is 35.9 Å². The molecule has 1 aliphatic carbocycles. The van der Waals surface area contributed by atoms with Crippen LogP contribution in [0.25, 0.3) is 0 Å². The summed E-state index contributed by atoms with van der Waals surface area (Å²) in [6.07, 6.45) is 7.50. The highest BCUT2D eigenvalue weighted by Crippen LogP contribution is 2.36. The molecule has 1 aromatic carbocycles. The summed E-state index contributed by atoms with van der Waals surface area (Å²) in [6, 6.07) is 3.26. The fourth-order valence-electron chi connectivity index (χ4n) is 3.87. The number of rotatable bonds is 11. The van der Waals surface area contributed by atoms with Gasteiger partial charge in [0.1, 0.15) is 11.6 Å². The second-order valence-electron chi connectivity index (χ2n) is 7.87. The quantitative estimate of drug-likeness (QED) is 0.323. The predicted octanol–water partition coefficient (Wildman–Crippen LogP) is 3.37. The number of carboxylic acids is 1. The number of benzene rings is 1. The van der Waals surface area contributed by atoms with Crippen LogP contribution in [0.5, 0.6) is 0 Å². The first kappa shape index (κ1) is 24.2. The van der Waals surface area contributed by atoms with E-state index in [2.05, 4.69) is 0 Å². The van der Waals surface area contributed by atoms with Gasteiger partial charge < -0.3 is 20.4 Å². The van der Waals surface area contributed by atoms with Crippen molar-refractivity contribution in [3.8, 4) is 0 Å². The SMILES string of the molecule is O=C(O)CCC/C=C\C[C@H]1C(O)C[C@@H](O)[C@@H]1/C=C/[C@@H](O)CCc1cc(F)cc(F)c1. The van der Waals surface area contributed by atoms with Crippen molar-refractivity contribution in [3.05, 3.63) is 59.7 Å². The van der Waals surface area contributed by atoms with Gasteiger partial charge in [0.2, 0.25) is 0 Å². The van der Waals surface area contributed by atoms with Gasteiger partial charge in [-0.15, -0.1) is 0 Å². The molecule has 0 amide bonds. The minimum atomic E-state index is -0.839. The van der Waals surface area contributed by atoms with E-state index in [0.717, 1.165) is 6.07 Å². The van der Waals surface area contributed by atoms with E-state index >= 15 is 0 Å². The van der Waals surface area contributed by atoms with E-state index in [0.29, 0.717) is 31.2 Å². The first-order chi connectivity index (χ1) is 14.3. The summed E-state index contributed by atoms with van der Waals surface area (Å²) in [5.41, 5.74) is 0.460. The van der Waals surface area contributed by atoms with Gasteiger partial charge in [0.05, 0.1) is 18.3 Å². The molecule has 0 radical (unpaired) electrons. The Morgan fingerprint density at radius 3 is 2.50 bits per heavy atom. The predicted molar refractivity (Wildman–Crippen MR) is 109 cm³/mol. The Balaban J connectivity index is 1.85. The Hall–Kier alpha value is -2.09. The summed E-state index contributed by atoms with van der Waals surface area (Å²) in [7, 11) is 0. The highest BCUT2D eigenvalue weighted by atomic mass is 19.1. The summed E-state index contributed by atoms with van der Waals surface area (Å²) in [4.78, 5) is 10.5. The maximum absolute atomic E-state index is 13.2. The molecule has 0 bridgehead atoms. The third kappa shape index (κ3) is 7.97. The number of allylic oxidation sites excluding steroid dienone is 2. The molecular weight excluding hydrogens is 394 g/mol. The maximum atomic E-state index is 13.2. The Morgan fingerprint density at radius 2 is 1.83 bits per heavy atom. The number of carboxylic acid groups (broad SMARTS) is 1. The maximum Gasteiger partial charge on any atom is 0.303 e. The van der Waals surface area contributed by atoms with Crippen LogP contribution < -0.4 is 0 Å². The Bertz CT molecular complexity index is 729. The zero-order valence-corrected chi connectivity index (χ0v) is 16.8. The normalized spacial score (nSPS) is 25.4. The Kier molecular flexibility index (Phi) is 9.62. The van der Waals surface area contributed by atoms with Crippen LogP contribution in [0, 0.1) is 23.5 Å². The van der Waals surface area contributed by atoms with Crippen LogP contribution in [0.3, 0.4) is 0 Å². The zero-order chi connectivity index (χ0) is 22.1. The van der Waals surface area contributed by atoms with Crippen molar-refractivity contribution in [2.45, 2.75) is 63.3 Å². The van der Waals surface area contributed by atoms with Crippen molar-refractivity contribution >= 4 is 5.97 Å². The zero-order valence-electron chi connectivity index (χ0n) is 16.8. The minimum Gasteiger partial charge on any atom is -0.481 e. The number of hydrogen-bond donors (Lipinski definition) is 4. The lowest BCUT2D eigenvalue weighted by molar-refractivity contribution is -0.137. The van der Waals surface area contributed by atoms with Crippen LogP contribution in [0.15, 0.2) is 42.5 Å². The van der Waals surface area contributed by atoms with Crippen molar-refractivity contribution in [1.82, 2.24) is 0 Å². The number of halogens is 2. The number of aliphatic hydroxyl groups is 3. The van der Waals surface area contributed by atoms with Crippen molar-refractivity contribution in [3.63, 3.8) is 0 Å². The van der Waals surface area contributed by atoms with Crippen LogP contribution in [-0.2, 0) is 11.2 Å². The van der Waals surface area contributed by atoms with Crippen molar-refractivity contribution in [2.75, 3.05) is 0 Å². The van der Waals surface area contributed by atoms with E-state index in [1.807, 2.05) is 12.2 Å². The fraction of sp³-hybridized carbons (Fsp3) is 0.522. The van der Waals surface area contributed by atoms with Gasteiger partial charge in [-0.05, 0) is 55.7 Å². The molecule has 0 aromatic heterocycles. The molecule has 0 saturated heterocycles. The molecular formula is C23H30F2O5. The summed E-state index contributed by atoms with van der Waals surface area (Å²) in [6.45, 7) is 0. The van der Waals surface area contributed by atoms with Crippen molar-refractivity contribution < 1.29 is 34.0 Å². The highest BCUT2D eigenvalue weighted by Gasteiger charge is 2.39. The first-order valence-corrected chi connectivity index (χ1v) is 10.3. The van der Waals surface area contributed by atoms with E-state index in [-0.39, 0.29) is 31.1 Å². The minimum absolute atomic E-state index is 0.112. The lowest BCUT2D eigenvalue weighted by Gasteiger charge is -2.19. The Labute approximate surface area is 175 Å². The summed E-state index contributed by atoms with van der Waals surface area (Å²) in [5.74, 6) is -2.65. The van der Waals surface area contributed by atoms with Gasteiger partial charge in [0, 0.05) is 24.8 Å². The van der Waals surface area contributed by atoms with Crippen molar-refractivity contribution in [2.24, 2.45) is 11.8 Å². The van der Waals surface area contributed by atoms with E-state index in [4.69, 9.17) is 5.11 Å². The third-order valence-corrected chi connectivity index (χ3v) is 5.46. The van der Waals surface area contributed by atoms with E-state index in [1.54, 1.807) is 12.2 Å². The molecule has 0 spiro atoms. The van der Waals surface area contributed by atoms with Gasteiger partial charge in [-0.3, -0.25) is 4.79 Å². The molecule has 1 aromatic rings. The molecule has 0 heterocycles. The van der Waals surface area contributed by atoms with Crippen LogP contribution >= 0.6 is 0 Å². The topological polar surface area (TPSA) is 98.0 Å². The number of aliphatic carboxylic acids is 1. The lowest BCUT2D eigenvalue weighted by Crippen LogP contribution is -2.20. The van der Waals surface area contributed by atoms with E-state index in [1.165, 1.54) is 12.1 Å². The van der Waals surface area contributed by atoms with Crippen molar-refractivity contribution in [1.29, 1.82) is 0 Å². The van der Waals surface area contributed by atoms with Gasteiger partial charge in [-0.25, -0.2) is 8.78 Å². The molecule has 2 rings (SSSR count). The molecule has 1 saturated carbocycles. The van der Waals surface area contributed by atoms with E-state index in [9.17, 15) is 28.9 Å². The van der Waals surface area contributed by atoms with Crippen LogP contribution in [-0.4, -0.2) is 44.7 Å². The number of carbonyl (C=O) groups is 1. The summed E-state index contributed by atoms with van der Waals surface area (Å²) in [5, 5.41) is 39.3. The summed E-state index contributed by atoms with van der Waals surface area (Å²) >= 11 is 0. The molecule has 166 valence electrons. The molecule has 5 atom stereocenters. The number of aryl methyl sites for hydroxylation is 1. The summed E-state index contributed by atoms with van der Waals surface area (Å²) < 4.78 is 26.5. The van der Waals surface area contributed by atoms with Crippen LogP contribution in [0.2, 0.25) is 0 Å².